The quantitative estimate of drug-likeness (QED) is 0.511. The van der Waals surface area contributed by atoms with Gasteiger partial charge in [-0.3, -0.25) is 0 Å². The van der Waals surface area contributed by atoms with Crippen LogP contribution in [0.1, 0.15) is 0 Å². The van der Waals surface area contributed by atoms with Crippen molar-refractivity contribution in [2.75, 3.05) is 6.06 Å². The molecule has 2 heteroatoms. The summed E-state index contributed by atoms with van der Waals surface area (Å²) in [5, 5.41) is 4.47. The fourth-order valence-electron chi connectivity index (χ4n) is 3.28. The summed E-state index contributed by atoms with van der Waals surface area (Å²) in [6, 6.07) is 34.3. The Morgan fingerprint density at radius 2 is 0.810 bits per heavy atom. The van der Waals surface area contributed by atoms with E-state index in [2.05, 4.69) is 98.8 Å². The van der Waals surface area contributed by atoms with E-state index < -0.39 is 7.26 Å². The molecule has 0 aromatic heterocycles. The van der Waals surface area contributed by atoms with Gasteiger partial charge in [0.1, 0.15) is 0 Å². The molecule has 3 rings (SSSR count). The Morgan fingerprint density at radius 3 is 1.05 bits per heavy atom. The Bertz CT molecular complexity index is 584. The van der Waals surface area contributed by atoms with E-state index in [1.165, 1.54) is 22.0 Å². The van der Waals surface area contributed by atoms with E-state index in [9.17, 15) is 0 Å². The Kier molecular flexibility index (Phi) is 4.22. The Labute approximate surface area is 128 Å². The molecule has 0 atom stereocenters. The van der Waals surface area contributed by atoms with Gasteiger partial charge in [0.25, 0.3) is 0 Å². The van der Waals surface area contributed by atoms with E-state index in [-0.39, 0.29) is 0 Å². The van der Waals surface area contributed by atoms with Gasteiger partial charge >= 0.3 is 128 Å². The van der Waals surface area contributed by atoms with Crippen LogP contribution in [0.4, 0.5) is 0 Å². The normalized spacial score (nSPS) is 12.0. The van der Waals surface area contributed by atoms with E-state index in [0.29, 0.717) is 0 Å². The van der Waals surface area contributed by atoms with Crippen LogP contribution in [-0.2, 0) is 0 Å². The fraction of sp³-hybridized carbons (Fsp3) is 0.0526. The van der Waals surface area contributed by atoms with Crippen molar-refractivity contribution in [3.63, 3.8) is 0 Å². The van der Waals surface area contributed by atoms with Gasteiger partial charge in [-0.1, -0.05) is 0 Å². The Hall–Kier alpha value is -1.85. The molecule has 3 aromatic carbocycles. The minimum absolute atomic E-state index is 1.17. The van der Waals surface area contributed by atoms with E-state index in [1.54, 1.807) is 0 Å². The van der Waals surface area contributed by atoms with Crippen LogP contribution in [0.25, 0.3) is 0 Å². The van der Waals surface area contributed by atoms with Gasteiger partial charge < -0.3 is 0 Å². The average molecular weight is 290 g/mol. The summed E-state index contributed by atoms with van der Waals surface area (Å²) >= 11 is 0. The molecule has 0 N–H and O–H groups in total. The number of rotatable bonds is 4. The van der Waals surface area contributed by atoms with Crippen LogP contribution in [-0.4, -0.2) is 13.9 Å². The van der Waals surface area contributed by atoms with Crippen molar-refractivity contribution in [1.82, 2.24) is 0 Å². The molecular formula is C19H20BP. The molecule has 0 aliphatic rings. The Morgan fingerprint density at radius 1 is 0.524 bits per heavy atom. The molecule has 0 spiro atoms. The molecule has 0 fully saturated rings. The molecule has 0 unspecified atom stereocenters. The van der Waals surface area contributed by atoms with Crippen molar-refractivity contribution in [2.45, 2.75) is 0 Å². The molecule has 0 nitrogen and oxygen atoms in total. The molecule has 0 heterocycles. The van der Waals surface area contributed by atoms with Crippen LogP contribution >= 0.6 is 7.26 Å². The molecule has 0 aliphatic heterocycles. The molecule has 3 aromatic rings. The van der Waals surface area contributed by atoms with Crippen molar-refractivity contribution in [3.05, 3.63) is 91.0 Å². The van der Waals surface area contributed by atoms with Crippen LogP contribution in [0.15, 0.2) is 91.0 Å². The van der Waals surface area contributed by atoms with E-state index in [0.717, 1.165) is 0 Å². The molecule has 21 heavy (non-hydrogen) atoms. The third-order valence-corrected chi connectivity index (χ3v) is 9.35. The third-order valence-electron chi connectivity index (χ3n) is 4.33. The summed E-state index contributed by atoms with van der Waals surface area (Å²) in [6.45, 7) is 0. The molecule has 0 radical (unpaired) electrons. The van der Waals surface area contributed by atoms with Crippen LogP contribution in [0.5, 0.6) is 0 Å². The van der Waals surface area contributed by atoms with Gasteiger partial charge in [-0.25, -0.2) is 0 Å². The van der Waals surface area contributed by atoms with Gasteiger partial charge in [-0.15, -0.1) is 0 Å². The molecule has 0 amide bonds. The topological polar surface area (TPSA) is 0 Å². The second-order valence-corrected chi connectivity index (χ2v) is 9.61. The molecule has 0 saturated heterocycles. The summed E-state index contributed by atoms with van der Waals surface area (Å²) in [7, 11) is 0.435. The summed E-state index contributed by atoms with van der Waals surface area (Å²) in [5.74, 6) is 0. The second-order valence-electron chi connectivity index (χ2n) is 5.36. The summed E-state index contributed by atoms with van der Waals surface area (Å²) in [4.78, 5) is 0. The first-order chi connectivity index (χ1) is 10.4. The van der Waals surface area contributed by atoms with Crippen molar-refractivity contribution in [3.8, 4) is 0 Å². The minimum atomic E-state index is -1.90. The maximum absolute atomic E-state index is 2.33. The fourth-order valence-corrected chi connectivity index (χ4v) is 7.79. The van der Waals surface area contributed by atoms with Gasteiger partial charge in [-0.05, 0) is 0 Å². The first-order valence-corrected chi connectivity index (χ1v) is 9.75. The number of benzene rings is 3. The predicted octanol–water partition coefficient (Wildman–Crippen LogP) is 2.30. The molecule has 0 aliphatic carbocycles. The van der Waals surface area contributed by atoms with Gasteiger partial charge in [0.2, 0.25) is 0 Å². The first kappa shape index (κ1) is 14.1. The van der Waals surface area contributed by atoms with E-state index >= 15 is 0 Å². The standard InChI is InChI=1S/C19H20BP/c20-16-21(17-10-4-1-5-11-17,18-12-6-2-7-13-18)19-14-8-3-9-15-19/h1-15,21H,16,20H2. The van der Waals surface area contributed by atoms with Crippen LogP contribution < -0.4 is 15.9 Å². The van der Waals surface area contributed by atoms with Gasteiger partial charge in [-0.2, -0.15) is 0 Å². The number of hydrogen-bond donors (Lipinski definition) is 0. The average Bonchev–Trinajstić information content (AvgIpc) is 2.59. The maximum atomic E-state index is 2.33. The van der Waals surface area contributed by atoms with Crippen molar-refractivity contribution in [2.24, 2.45) is 0 Å². The summed E-state index contributed by atoms with van der Waals surface area (Å²) in [5.41, 5.74) is 0. The second kappa shape index (κ2) is 6.29. The molecule has 104 valence electrons. The summed E-state index contributed by atoms with van der Waals surface area (Å²) in [6.07, 6.45) is 0. The summed E-state index contributed by atoms with van der Waals surface area (Å²) < 4.78 is 0. The zero-order chi connectivity index (χ0) is 14.5. The first-order valence-electron chi connectivity index (χ1n) is 7.54. The van der Waals surface area contributed by atoms with Crippen molar-refractivity contribution >= 4 is 31.0 Å². The van der Waals surface area contributed by atoms with E-state index in [4.69, 9.17) is 0 Å². The van der Waals surface area contributed by atoms with Crippen molar-refractivity contribution < 1.29 is 0 Å². The molecule has 0 saturated carbocycles. The van der Waals surface area contributed by atoms with Crippen molar-refractivity contribution in [1.29, 1.82) is 0 Å². The zero-order valence-electron chi connectivity index (χ0n) is 12.4. The molecular weight excluding hydrogens is 270 g/mol. The van der Waals surface area contributed by atoms with E-state index in [1.807, 2.05) is 0 Å². The Balaban J connectivity index is 2.29. The van der Waals surface area contributed by atoms with Gasteiger partial charge in [0.15, 0.2) is 0 Å². The predicted molar refractivity (Wildman–Crippen MR) is 100.0 cm³/mol. The zero-order valence-corrected chi connectivity index (χ0v) is 13.4. The van der Waals surface area contributed by atoms with Gasteiger partial charge in [0, 0.05) is 0 Å². The third kappa shape index (κ3) is 2.54. The van der Waals surface area contributed by atoms with Crippen LogP contribution in [0, 0.1) is 0 Å². The van der Waals surface area contributed by atoms with Crippen LogP contribution in [0.3, 0.4) is 0 Å². The SMILES string of the molecule is BC[PH](c1ccccc1)(c1ccccc1)c1ccccc1. The molecule has 0 bridgehead atoms. The number of hydrogen-bond acceptors (Lipinski definition) is 0. The monoisotopic (exact) mass is 290 g/mol. The van der Waals surface area contributed by atoms with Crippen LogP contribution in [0.2, 0.25) is 0 Å². The van der Waals surface area contributed by atoms with Gasteiger partial charge in [0.05, 0.1) is 0 Å².